The summed E-state index contributed by atoms with van der Waals surface area (Å²) in [7, 11) is 0. The largest absolute Gasteiger partial charge is 0.385 e. The maximum Gasteiger partial charge on any atom is 0.0342 e. The third kappa shape index (κ3) is 5.42. The second kappa shape index (κ2) is 8.44. The van der Waals surface area contributed by atoms with Crippen LogP contribution in [-0.4, -0.2) is 37.0 Å². The number of aryl methyl sites for hydroxylation is 1. The van der Waals surface area contributed by atoms with E-state index in [9.17, 15) is 0 Å². The maximum atomic E-state index is 5.74. The molecule has 1 aromatic carbocycles. The zero-order valence-electron chi connectivity index (χ0n) is 11.7. The zero-order chi connectivity index (χ0) is 13.3. The average Bonchev–Trinajstić information content (AvgIpc) is 2.95. The first-order chi connectivity index (χ1) is 9.38. The fourth-order valence-corrected chi connectivity index (χ4v) is 2.78. The van der Waals surface area contributed by atoms with Gasteiger partial charge in [-0.3, -0.25) is 0 Å². The highest BCUT2D eigenvalue weighted by Gasteiger charge is 2.09. The van der Waals surface area contributed by atoms with Crippen LogP contribution < -0.4 is 5.32 Å². The Morgan fingerprint density at radius 1 is 1.16 bits per heavy atom. The molecule has 0 unspecified atom stereocenters. The Morgan fingerprint density at radius 2 is 2.00 bits per heavy atom. The lowest BCUT2D eigenvalue weighted by Crippen LogP contribution is -2.22. The van der Waals surface area contributed by atoms with Crippen molar-refractivity contribution in [2.24, 2.45) is 0 Å². The van der Waals surface area contributed by atoms with Crippen LogP contribution in [0.2, 0.25) is 0 Å². The van der Waals surface area contributed by atoms with Crippen LogP contribution in [0.5, 0.6) is 0 Å². The van der Waals surface area contributed by atoms with Gasteiger partial charge in [-0.2, -0.15) is 0 Å². The lowest BCUT2D eigenvalue weighted by atomic mass is 10.1. The number of halogens is 1. The minimum Gasteiger partial charge on any atom is -0.385 e. The number of benzene rings is 1. The summed E-state index contributed by atoms with van der Waals surface area (Å²) in [4.78, 5) is 2.57. The van der Waals surface area contributed by atoms with Crippen molar-refractivity contribution in [3.05, 3.63) is 29.8 Å². The smallest absolute Gasteiger partial charge is 0.0342 e. The van der Waals surface area contributed by atoms with Crippen molar-refractivity contribution in [1.82, 2.24) is 4.90 Å². The summed E-state index contributed by atoms with van der Waals surface area (Å²) in [6.45, 7) is 4.90. The number of hydrogen-bond acceptors (Lipinski definition) is 2. The molecule has 0 spiro atoms. The number of anilines is 1. The van der Waals surface area contributed by atoms with Gasteiger partial charge in [-0.25, -0.2) is 0 Å². The molecule has 1 aliphatic rings. The Labute approximate surface area is 122 Å². The molecule has 1 fully saturated rings. The Kier molecular flexibility index (Phi) is 6.52. The van der Waals surface area contributed by atoms with Gasteiger partial charge < -0.3 is 10.2 Å². The van der Waals surface area contributed by atoms with Crippen LogP contribution in [-0.2, 0) is 6.42 Å². The van der Waals surface area contributed by atoms with Crippen molar-refractivity contribution in [2.75, 3.05) is 37.4 Å². The maximum absolute atomic E-state index is 5.74. The van der Waals surface area contributed by atoms with Gasteiger partial charge in [0.1, 0.15) is 0 Å². The molecule has 0 bridgehead atoms. The Bertz CT molecular complexity index is 362. The first-order valence-corrected chi connectivity index (χ1v) is 8.03. The number of hydrogen-bond donors (Lipinski definition) is 1. The van der Waals surface area contributed by atoms with Gasteiger partial charge in [-0.05, 0) is 69.4 Å². The molecule has 0 aromatic heterocycles. The lowest BCUT2D eigenvalue weighted by molar-refractivity contribution is 0.337. The highest BCUT2D eigenvalue weighted by atomic mass is 35.5. The molecular weight excluding hydrogens is 256 g/mol. The van der Waals surface area contributed by atoms with E-state index in [0.717, 1.165) is 25.3 Å². The minimum absolute atomic E-state index is 0.744. The van der Waals surface area contributed by atoms with E-state index in [1.807, 2.05) is 0 Å². The summed E-state index contributed by atoms with van der Waals surface area (Å²) in [6.07, 6.45) is 6.13. The van der Waals surface area contributed by atoms with Crippen molar-refractivity contribution in [2.45, 2.75) is 32.1 Å². The summed E-state index contributed by atoms with van der Waals surface area (Å²) < 4.78 is 0. The van der Waals surface area contributed by atoms with E-state index >= 15 is 0 Å². The third-order valence-electron chi connectivity index (χ3n) is 3.70. The van der Waals surface area contributed by atoms with E-state index in [4.69, 9.17) is 11.6 Å². The van der Waals surface area contributed by atoms with Crippen LogP contribution in [0.25, 0.3) is 0 Å². The topological polar surface area (TPSA) is 15.3 Å². The van der Waals surface area contributed by atoms with Crippen molar-refractivity contribution in [3.63, 3.8) is 0 Å². The predicted octanol–water partition coefficient (Wildman–Crippen LogP) is 3.76. The Morgan fingerprint density at radius 3 is 2.79 bits per heavy atom. The molecular formula is C16H25ClN2. The Balaban J connectivity index is 1.66. The molecule has 0 atom stereocenters. The van der Waals surface area contributed by atoms with Crippen molar-refractivity contribution in [1.29, 1.82) is 0 Å². The fraction of sp³-hybridized carbons (Fsp3) is 0.625. The second-order valence-electron chi connectivity index (χ2n) is 5.32. The second-order valence-corrected chi connectivity index (χ2v) is 5.70. The standard InChI is InChI=1S/C16H25ClN2/c17-9-4-7-15-6-3-8-16(14-15)18-10-5-13-19-11-1-2-12-19/h3,6,8,14,18H,1-2,4-5,7,9-13H2. The van der Waals surface area contributed by atoms with Crippen LogP contribution in [0.15, 0.2) is 24.3 Å². The molecule has 19 heavy (non-hydrogen) atoms. The molecule has 1 aliphatic heterocycles. The van der Waals surface area contributed by atoms with Gasteiger partial charge in [0.2, 0.25) is 0 Å². The lowest BCUT2D eigenvalue weighted by Gasteiger charge is -2.15. The Hall–Kier alpha value is -0.730. The molecule has 1 N–H and O–H groups in total. The molecule has 2 nitrogen and oxygen atoms in total. The monoisotopic (exact) mass is 280 g/mol. The quantitative estimate of drug-likeness (QED) is 0.576. The van der Waals surface area contributed by atoms with Gasteiger partial charge in [0.05, 0.1) is 0 Å². The van der Waals surface area contributed by atoms with Gasteiger partial charge in [-0.15, -0.1) is 11.6 Å². The van der Waals surface area contributed by atoms with E-state index < -0.39 is 0 Å². The van der Waals surface area contributed by atoms with Gasteiger partial charge in [0, 0.05) is 18.1 Å². The number of nitrogens with one attached hydrogen (secondary N) is 1. The highest BCUT2D eigenvalue weighted by Crippen LogP contribution is 2.13. The SMILES string of the molecule is ClCCCc1cccc(NCCCN2CCCC2)c1. The fourth-order valence-electron chi connectivity index (χ4n) is 2.65. The zero-order valence-corrected chi connectivity index (χ0v) is 12.5. The van der Waals surface area contributed by atoms with Crippen LogP contribution in [0.3, 0.4) is 0 Å². The van der Waals surface area contributed by atoms with Crippen molar-refractivity contribution >= 4 is 17.3 Å². The van der Waals surface area contributed by atoms with Gasteiger partial charge in [-0.1, -0.05) is 12.1 Å². The average molecular weight is 281 g/mol. The summed E-state index contributed by atoms with van der Waals surface area (Å²) in [5.41, 5.74) is 2.62. The summed E-state index contributed by atoms with van der Waals surface area (Å²) >= 11 is 5.74. The molecule has 2 rings (SSSR count). The molecule has 0 aliphatic carbocycles. The molecule has 0 saturated carbocycles. The molecule has 1 saturated heterocycles. The number of rotatable bonds is 8. The molecule has 1 aromatic rings. The normalized spacial score (nSPS) is 15.8. The van der Waals surface area contributed by atoms with E-state index in [1.165, 1.54) is 50.1 Å². The van der Waals surface area contributed by atoms with Crippen molar-refractivity contribution in [3.8, 4) is 0 Å². The first-order valence-electron chi connectivity index (χ1n) is 7.49. The highest BCUT2D eigenvalue weighted by molar-refractivity contribution is 6.17. The molecule has 0 radical (unpaired) electrons. The van der Waals surface area contributed by atoms with Crippen LogP contribution in [0.4, 0.5) is 5.69 Å². The van der Waals surface area contributed by atoms with Crippen molar-refractivity contribution < 1.29 is 0 Å². The molecule has 1 heterocycles. The number of nitrogens with zero attached hydrogens (tertiary/aromatic N) is 1. The van der Waals surface area contributed by atoms with E-state index in [-0.39, 0.29) is 0 Å². The summed E-state index contributed by atoms with van der Waals surface area (Å²) in [5, 5.41) is 3.53. The number of alkyl halides is 1. The van der Waals surface area contributed by atoms with Gasteiger partial charge in [0.25, 0.3) is 0 Å². The molecule has 0 amide bonds. The number of likely N-dealkylation sites (tertiary alicyclic amines) is 1. The van der Waals surface area contributed by atoms with Gasteiger partial charge >= 0.3 is 0 Å². The predicted molar refractivity (Wildman–Crippen MR) is 84.3 cm³/mol. The summed E-state index contributed by atoms with van der Waals surface area (Å²) in [6, 6.07) is 8.72. The molecule has 3 heteroatoms. The molecule has 106 valence electrons. The first kappa shape index (κ1) is 14.7. The third-order valence-corrected chi connectivity index (χ3v) is 3.97. The van der Waals surface area contributed by atoms with Crippen LogP contribution in [0.1, 0.15) is 31.2 Å². The summed E-state index contributed by atoms with van der Waals surface area (Å²) in [5.74, 6) is 0.744. The van der Waals surface area contributed by atoms with Gasteiger partial charge in [0.15, 0.2) is 0 Å². The van der Waals surface area contributed by atoms with E-state index in [2.05, 4.69) is 34.5 Å². The minimum atomic E-state index is 0.744. The van der Waals surface area contributed by atoms with E-state index in [0.29, 0.717) is 0 Å². The van der Waals surface area contributed by atoms with Crippen LogP contribution in [0, 0.1) is 0 Å². The van der Waals surface area contributed by atoms with Crippen LogP contribution >= 0.6 is 11.6 Å². The van der Waals surface area contributed by atoms with E-state index in [1.54, 1.807) is 0 Å².